The number of hydrogen-bond donors (Lipinski definition) is 2. The zero-order valence-electron chi connectivity index (χ0n) is 16.9. The second-order valence-electron chi connectivity index (χ2n) is 7.67. The smallest absolute Gasteiger partial charge is 0.270 e. The normalized spacial score (nSPS) is 14.5. The minimum Gasteiger partial charge on any atom is -0.370 e. The molecule has 1 aromatic heterocycles. The molecule has 31 heavy (non-hydrogen) atoms. The van der Waals surface area contributed by atoms with Gasteiger partial charge in [0.15, 0.2) is 0 Å². The highest BCUT2D eigenvalue weighted by atomic mass is 16.6. The molecular weight excluding hydrogens is 398 g/mol. The van der Waals surface area contributed by atoms with Gasteiger partial charge in [-0.1, -0.05) is 12.1 Å². The fourth-order valence-electron chi connectivity index (χ4n) is 4.04. The van der Waals surface area contributed by atoms with Gasteiger partial charge in [-0.25, -0.2) is 0 Å². The van der Waals surface area contributed by atoms with Crippen LogP contribution in [0, 0.1) is 16.0 Å². The van der Waals surface area contributed by atoms with Gasteiger partial charge in [-0.3, -0.25) is 19.7 Å². The van der Waals surface area contributed by atoms with E-state index in [1.807, 2.05) is 24.3 Å². The number of amides is 2. The fourth-order valence-corrected chi connectivity index (χ4v) is 4.04. The molecule has 1 aliphatic rings. The van der Waals surface area contributed by atoms with Crippen molar-refractivity contribution in [2.24, 2.45) is 11.7 Å². The number of para-hydroxylation sites is 2. The SMILES string of the molecule is NC(=O)C1CCN(c2ccccc2NC(=O)Cn2ccc3cc([N+](=O)[O-])ccc32)CC1. The van der Waals surface area contributed by atoms with Crippen molar-refractivity contribution in [3.8, 4) is 0 Å². The number of nitro groups is 1. The van der Waals surface area contributed by atoms with Crippen molar-refractivity contribution in [2.45, 2.75) is 19.4 Å². The molecule has 0 aliphatic carbocycles. The van der Waals surface area contributed by atoms with Gasteiger partial charge in [-0.05, 0) is 37.1 Å². The Morgan fingerprint density at radius 1 is 1.13 bits per heavy atom. The van der Waals surface area contributed by atoms with Crippen LogP contribution in [0.15, 0.2) is 54.7 Å². The molecule has 3 aromatic rings. The van der Waals surface area contributed by atoms with Crippen LogP contribution in [0.3, 0.4) is 0 Å². The first-order valence-electron chi connectivity index (χ1n) is 10.1. The van der Waals surface area contributed by atoms with Crippen molar-refractivity contribution in [2.75, 3.05) is 23.3 Å². The quantitative estimate of drug-likeness (QED) is 0.468. The summed E-state index contributed by atoms with van der Waals surface area (Å²) >= 11 is 0. The van der Waals surface area contributed by atoms with Crippen molar-refractivity contribution in [3.63, 3.8) is 0 Å². The van der Waals surface area contributed by atoms with Gasteiger partial charge in [0.05, 0.1) is 16.3 Å². The van der Waals surface area contributed by atoms with Crippen molar-refractivity contribution in [1.29, 1.82) is 0 Å². The van der Waals surface area contributed by atoms with Crippen LogP contribution in [0.5, 0.6) is 0 Å². The van der Waals surface area contributed by atoms with E-state index in [2.05, 4.69) is 10.2 Å². The summed E-state index contributed by atoms with van der Waals surface area (Å²) in [5, 5.41) is 14.6. The first-order valence-corrected chi connectivity index (χ1v) is 10.1. The number of fused-ring (bicyclic) bond motifs is 1. The number of benzene rings is 2. The first kappa shape index (κ1) is 20.4. The Morgan fingerprint density at radius 3 is 2.58 bits per heavy atom. The van der Waals surface area contributed by atoms with E-state index in [1.165, 1.54) is 12.1 Å². The largest absolute Gasteiger partial charge is 0.370 e. The third-order valence-corrected chi connectivity index (χ3v) is 5.70. The zero-order valence-corrected chi connectivity index (χ0v) is 16.9. The third-order valence-electron chi connectivity index (χ3n) is 5.70. The minimum atomic E-state index is -0.438. The molecule has 2 aromatic carbocycles. The summed E-state index contributed by atoms with van der Waals surface area (Å²) in [5.74, 6) is -0.559. The molecule has 1 saturated heterocycles. The van der Waals surface area contributed by atoms with E-state index in [4.69, 9.17) is 5.73 Å². The average Bonchev–Trinajstić information content (AvgIpc) is 3.16. The molecule has 9 heteroatoms. The van der Waals surface area contributed by atoms with Crippen LogP contribution in [0.2, 0.25) is 0 Å². The number of nitrogens with two attached hydrogens (primary N) is 1. The average molecular weight is 421 g/mol. The molecule has 1 fully saturated rings. The summed E-state index contributed by atoms with van der Waals surface area (Å²) in [6.45, 7) is 1.47. The maximum Gasteiger partial charge on any atom is 0.270 e. The van der Waals surface area contributed by atoms with E-state index in [0.29, 0.717) is 37.0 Å². The van der Waals surface area contributed by atoms with Gasteiger partial charge in [0, 0.05) is 48.2 Å². The van der Waals surface area contributed by atoms with E-state index in [-0.39, 0.29) is 30.0 Å². The maximum atomic E-state index is 12.8. The highest BCUT2D eigenvalue weighted by Crippen LogP contribution is 2.30. The molecule has 0 bridgehead atoms. The molecule has 0 unspecified atom stereocenters. The van der Waals surface area contributed by atoms with Crippen LogP contribution < -0.4 is 16.0 Å². The number of carbonyl (C=O) groups is 2. The Morgan fingerprint density at radius 2 is 1.87 bits per heavy atom. The van der Waals surface area contributed by atoms with Gasteiger partial charge in [0.25, 0.3) is 5.69 Å². The summed E-state index contributed by atoms with van der Waals surface area (Å²) in [5.41, 5.74) is 7.81. The van der Waals surface area contributed by atoms with Crippen LogP contribution in [0.25, 0.3) is 10.9 Å². The molecule has 0 radical (unpaired) electrons. The second kappa shape index (κ2) is 8.47. The van der Waals surface area contributed by atoms with Crippen molar-refractivity contribution < 1.29 is 14.5 Å². The fraction of sp³-hybridized carbons (Fsp3) is 0.273. The summed E-state index contributed by atoms with van der Waals surface area (Å²) in [6.07, 6.45) is 3.13. The second-order valence-corrected chi connectivity index (χ2v) is 7.67. The number of carbonyl (C=O) groups excluding carboxylic acids is 2. The van der Waals surface area contributed by atoms with E-state index in [0.717, 1.165) is 11.2 Å². The lowest BCUT2D eigenvalue weighted by Gasteiger charge is -2.33. The number of piperidine rings is 1. The number of anilines is 2. The first-order chi connectivity index (χ1) is 14.9. The van der Waals surface area contributed by atoms with Crippen molar-refractivity contribution >= 4 is 39.8 Å². The van der Waals surface area contributed by atoms with Crippen LogP contribution in [0.1, 0.15) is 12.8 Å². The Bertz CT molecular complexity index is 1150. The lowest BCUT2D eigenvalue weighted by atomic mass is 9.96. The number of nitrogens with one attached hydrogen (secondary N) is 1. The van der Waals surface area contributed by atoms with Gasteiger partial charge in [-0.2, -0.15) is 0 Å². The van der Waals surface area contributed by atoms with E-state index in [9.17, 15) is 19.7 Å². The molecular formula is C22H23N5O4. The number of aromatic nitrogens is 1. The maximum absolute atomic E-state index is 12.8. The molecule has 0 atom stereocenters. The zero-order chi connectivity index (χ0) is 22.0. The topological polar surface area (TPSA) is 124 Å². The molecule has 9 nitrogen and oxygen atoms in total. The van der Waals surface area contributed by atoms with Gasteiger partial charge in [0.1, 0.15) is 6.54 Å². The highest BCUT2D eigenvalue weighted by Gasteiger charge is 2.24. The molecule has 0 spiro atoms. The lowest BCUT2D eigenvalue weighted by molar-refractivity contribution is -0.384. The minimum absolute atomic E-state index is 0.0173. The summed E-state index contributed by atoms with van der Waals surface area (Å²) in [4.78, 5) is 36.8. The number of primary amides is 1. The van der Waals surface area contributed by atoms with Crippen LogP contribution in [-0.2, 0) is 16.1 Å². The van der Waals surface area contributed by atoms with Crippen LogP contribution >= 0.6 is 0 Å². The van der Waals surface area contributed by atoms with Gasteiger partial charge < -0.3 is 20.5 Å². The van der Waals surface area contributed by atoms with Crippen molar-refractivity contribution in [1.82, 2.24) is 4.57 Å². The molecule has 4 rings (SSSR count). The summed E-state index contributed by atoms with van der Waals surface area (Å²) in [7, 11) is 0. The van der Waals surface area contributed by atoms with Gasteiger partial charge >= 0.3 is 0 Å². The number of nitrogens with zero attached hydrogens (tertiary/aromatic N) is 3. The molecule has 1 aliphatic heterocycles. The lowest BCUT2D eigenvalue weighted by Crippen LogP contribution is -2.39. The van der Waals surface area contributed by atoms with Gasteiger partial charge in [0.2, 0.25) is 11.8 Å². The summed E-state index contributed by atoms with van der Waals surface area (Å²) < 4.78 is 1.76. The van der Waals surface area contributed by atoms with Crippen LogP contribution in [-0.4, -0.2) is 34.4 Å². The summed E-state index contributed by atoms with van der Waals surface area (Å²) in [6, 6.07) is 13.9. The molecule has 3 N–H and O–H groups in total. The molecule has 2 amide bonds. The number of non-ortho nitro benzene ring substituents is 1. The standard InChI is InChI=1S/C22H23N5O4/c23-22(29)15-7-10-25(11-8-15)20-4-2-1-3-18(20)24-21(28)14-26-12-9-16-13-17(27(30)31)5-6-19(16)26/h1-6,9,12-13,15H,7-8,10-11,14H2,(H2,23,29)(H,24,28). The predicted molar refractivity (Wildman–Crippen MR) is 118 cm³/mol. The molecule has 0 saturated carbocycles. The highest BCUT2D eigenvalue weighted by molar-refractivity contribution is 5.95. The Balaban J connectivity index is 1.47. The molecule has 2 heterocycles. The number of rotatable bonds is 6. The monoisotopic (exact) mass is 421 g/mol. The number of hydrogen-bond acceptors (Lipinski definition) is 5. The van der Waals surface area contributed by atoms with E-state index < -0.39 is 4.92 Å². The Hall–Kier alpha value is -3.88. The van der Waals surface area contributed by atoms with E-state index >= 15 is 0 Å². The Kier molecular flexibility index (Phi) is 5.57. The third kappa shape index (κ3) is 4.35. The number of nitro benzene ring substituents is 1. The van der Waals surface area contributed by atoms with Crippen molar-refractivity contribution in [3.05, 3.63) is 64.8 Å². The van der Waals surface area contributed by atoms with E-state index in [1.54, 1.807) is 22.9 Å². The van der Waals surface area contributed by atoms with Gasteiger partial charge in [-0.15, -0.1) is 0 Å². The Labute approximate surface area is 178 Å². The predicted octanol–water partition coefficient (Wildman–Crippen LogP) is 2.89. The molecule has 160 valence electrons. The van der Waals surface area contributed by atoms with Crippen LogP contribution in [0.4, 0.5) is 17.1 Å².